The van der Waals surface area contributed by atoms with Gasteiger partial charge in [-0.2, -0.15) is 0 Å². The lowest BCUT2D eigenvalue weighted by Gasteiger charge is -2.13. The summed E-state index contributed by atoms with van der Waals surface area (Å²) >= 11 is 1.80. The molecule has 0 aromatic heterocycles. The number of anilines is 1. The number of nitrogens with one attached hydrogen (secondary N) is 2. The van der Waals surface area contributed by atoms with E-state index in [0.29, 0.717) is 12.2 Å². The molecule has 2 aromatic carbocycles. The topological polar surface area (TPSA) is 33.5 Å². The van der Waals surface area contributed by atoms with Crippen LogP contribution in [0.3, 0.4) is 0 Å². The SMILES string of the molecule is Cc1ccc(SCC[NH+](C)CC(=O)Nc2ccc(F)cc2)cc1. The Morgan fingerprint density at radius 3 is 2.43 bits per heavy atom. The molecule has 2 N–H and O–H groups in total. The van der Waals surface area contributed by atoms with Crippen LogP contribution < -0.4 is 10.2 Å². The van der Waals surface area contributed by atoms with Gasteiger partial charge < -0.3 is 10.2 Å². The fraction of sp³-hybridized carbons (Fsp3) is 0.278. The molecule has 0 saturated carbocycles. The van der Waals surface area contributed by atoms with Crippen LogP contribution in [0.15, 0.2) is 53.4 Å². The minimum absolute atomic E-state index is 0.0607. The number of amides is 1. The number of hydrogen-bond acceptors (Lipinski definition) is 2. The van der Waals surface area contributed by atoms with Gasteiger partial charge in [0.15, 0.2) is 6.54 Å². The predicted molar refractivity (Wildman–Crippen MR) is 93.6 cm³/mol. The van der Waals surface area contributed by atoms with E-state index in [1.165, 1.54) is 22.6 Å². The molecule has 0 aliphatic rings. The van der Waals surface area contributed by atoms with Crippen LogP contribution in [0.25, 0.3) is 0 Å². The zero-order chi connectivity index (χ0) is 16.7. The lowest BCUT2D eigenvalue weighted by atomic mass is 10.2. The van der Waals surface area contributed by atoms with E-state index in [4.69, 9.17) is 0 Å². The number of aryl methyl sites for hydroxylation is 1. The van der Waals surface area contributed by atoms with Crippen LogP contribution in [-0.2, 0) is 4.79 Å². The number of quaternary nitrogens is 1. The van der Waals surface area contributed by atoms with E-state index in [1.807, 2.05) is 7.05 Å². The van der Waals surface area contributed by atoms with Gasteiger partial charge in [-0.15, -0.1) is 11.8 Å². The summed E-state index contributed by atoms with van der Waals surface area (Å²) in [5, 5.41) is 2.78. The van der Waals surface area contributed by atoms with Gasteiger partial charge >= 0.3 is 0 Å². The minimum Gasteiger partial charge on any atom is -0.329 e. The van der Waals surface area contributed by atoms with Crippen molar-refractivity contribution in [2.45, 2.75) is 11.8 Å². The first-order chi connectivity index (χ1) is 11.0. The minimum atomic E-state index is -0.307. The van der Waals surface area contributed by atoms with Crippen LogP contribution in [0.4, 0.5) is 10.1 Å². The monoisotopic (exact) mass is 333 g/mol. The summed E-state index contributed by atoms with van der Waals surface area (Å²) in [6.07, 6.45) is 0. The van der Waals surface area contributed by atoms with Crippen molar-refractivity contribution in [3.63, 3.8) is 0 Å². The Bertz CT molecular complexity index is 628. The number of hydrogen-bond donors (Lipinski definition) is 2. The van der Waals surface area contributed by atoms with Gasteiger partial charge in [-0.05, 0) is 43.3 Å². The molecule has 0 bridgehead atoms. The van der Waals surface area contributed by atoms with Gasteiger partial charge in [-0.25, -0.2) is 4.39 Å². The second kappa shape index (κ2) is 8.70. The predicted octanol–water partition coefficient (Wildman–Crippen LogP) is 2.38. The molecule has 3 nitrogen and oxygen atoms in total. The molecule has 0 heterocycles. The molecule has 5 heteroatoms. The van der Waals surface area contributed by atoms with Crippen LogP contribution in [0, 0.1) is 12.7 Å². The van der Waals surface area contributed by atoms with E-state index in [-0.39, 0.29) is 11.7 Å². The average Bonchev–Trinajstić information content (AvgIpc) is 2.51. The number of rotatable bonds is 7. The third-order valence-electron chi connectivity index (χ3n) is 3.41. The molecular formula is C18H22FN2OS+. The second-order valence-electron chi connectivity index (χ2n) is 5.60. The fourth-order valence-electron chi connectivity index (χ4n) is 2.08. The molecule has 0 spiro atoms. The Kier molecular flexibility index (Phi) is 6.62. The average molecular weight is 333 g/mol. The van der Waals surface area contributed by atoms with Gasteiger partial charge in [0.1, 0.15) is 5.82 Å². The smallest absolute Gasteiger partial charge is 0.279 e. The summed E-state index contributed by atoms with van der Waals surface area (Å²) in [4.78, 5) is 14.3. The third-order valence-corrected chi connectivity index (χ3v) is 4.42. The Hall–Kier alpha value is -1.85. The lowest BCUT2D eigenvalue weighted by molar-refractivity contribution is -0.868. The second-order valence-corrected chi connectivity index (χ2v) is 6.77. The summed E-state index contributed by atoms with van der Waals surface area (Å²) in [6.45, 7) is 3.37. The van der Waals surface area contributed by atoms with E-state index in [2.05, 4.69) is 36.5 Å². The summed E-state index contributed by atoms with van der Waals surface area (Å²) < 4.78 is 12.8. The van der Waals surface area contributed by atoms with E-state index < -0.39 is 0 Å². The third kappa shape index (κ3) is 6.42. The van der Waals surface area contributed by atoms with Crippen LogP contribution in [0.2, 0.25) is 0 Å². The van der Waals surface area contributed by atoms with Gasteiger partial charge in [-0.1, -0.05) is 17.7 Å². The summed E-state index contributed by atoms with van der Waals surface area (Å²) in [5.74, 6) is 0.590. The molecule has 0 radical (unpaired) electrons. The van der Waals surface area contributed by atoms with Crippen molar-refractivity contribution in [3.8, 4) is 0 Å². The van der Waals surface area contributed by atoms with Gasteiger partial charge in [0.05, 0.1) is 13.6 Å². The highest BCUT2D eigenvalue weighted by Gasteiger charge is 2.10. The van der Waals surface area contributed by atoms with Crippen molar-refractivity contribution in [2.75, 3.05) is 31.2 Å². The van der Waals surface area contributed by atoms with Crippen molar-refractivity contribution in [3.05, 3.63) is 59.9 Å². The maximum absolute atomic E-state index is 12.8. The highest BCUT2D eigenvalue weighted by atomic mass is 32.2. The molecule has 1 unspecified atom stereocenters. The Labute approximate surface area is 140 Å². The first-order valence-electron chi connectivity index (χ1n) is 7.59. The van der Waals surface area contributed by atoms with Gasteiger partial charge in [0.2, 0.25) is 0 Å². The van der Waals surface area contributed by atoms with Crippen LogP contribution in [-0.4, -0.2) is 31.8 Å². The lowest BCUT2D eigenvalue weighted by Crippen LogP contribution is -3.10. The molecule has 23 heavy (non-hydrogen) atoms. The maximum Gasteiger partial charge on any atom is 0.279 e. The molecule has 2 aromatic rings. The highest BCUT2D eigenvalue weighted by Crippen LogP contribution is 2.17. The highest BCUT2D eigenvalue weighted by molar-refractivity contribution is 7.99. The van der Waals surface area contributed by atoms with Gasteiger partial charge in [0, 0.05) is 16.3 Å². The molecule has 0 fully saturated rings. The molecule has 2 rings (SSSR count). The molecule has 1 amide bonds. The molecule has 0 aliphatic heterocycles. The van der Waals surface area contributed by atoms with Crippen LogP contribution in [0.1, 0.15) is 5.56 Å². The number of thioether (sulfide) groups is 1. The van der Waals surface area contributed by atoms with Gasteiger partial charge in [-0.3, -0.25) is 4.79 Å². The number of likely N-dealkylation sites (N-methyl/N-ethyl adjacent to an activating group) is 1. The maximum atomic E-state index is 12.8. The Balaban J connectivity index is 1.69. The van der Waals surface area contributed by atoms with Crippen LogP contribution >= 0.6 is 11.8 Å². The Morgan fingerprint density at radius 2 is 1.78 bits per heavy atom. The summed E-state index contributed by atoms with van der Waals surface area (Å²) in [5.41, 5.74) is 1.88. The zero-order valence-electron chi connectivity index (χ0n) is 13.4. The van der Waals surface area contributed by atoms with E-state index >= 15 is 0 Å². The summed E-state index contributed by atoms with van der Waals surface area (Å²) in [6, 6.07) is 14.3. The largest absolute Gasteiger partial charge is 0.329 e. The zero-order valence-corrected chi connectivity index (χ0v) is 14.3. The first-order valence-corrected chi connectivity index (χ1v) is 8.57. The summed E-state index contributed by atoms with van der Waals surface area (Å²) in [7, 11) is 2.00. The number of benzene rings is 2. The van der Waals surface area contributed by atoms with Crippen molar-refractivity contribution in [1.82, 2.24) is 0 Å². The van der Waals surface area contributed by atoms with E-state index in [1.54, 1.807) is 23.9 Å². The number of carbonyl (C=O) groups excluding carboxylic acids is 1. The Morgan fingerprint density at radius 1 is 1.13 bits per heavy atom. The van der Waals surface area contributed by atoms with Crippen molar-refractivity contribution in [1.29, 1.82) is 0 Å². The van der Waals surface area contributed by atoms with E-state index in [0.717, 1.165) is 17.2 Å². The molecule has 122 valence electrons. The van der Waals surface area contributed by atoms with Crippen molar-refractivity contribution >= 4 is 23.4 Å². The van der Waals surface area contributed by atoms with Crippen molar-refractivity contribution in [2.24, 2.45) is 0 Å². The van der Waals surface area contributed by atoms with Crippen LogP contribution in [0.5, 0.6) is 0 Å². The van der Waals surface area contributed by atoms with Crippen molar-refractivity contribution < 1.29 is 14.1 Å². The number of carbonyl (C=O) groups is 1. The molecule has 1 atom stereocenters. The molecular weight excluding hydrogens is 311 g/mol. The van der Waals surface area contributed by atoms with E-state index in [9.17, 15) is 9.18 Å². The van der Waals surface area contributed by atoms with Gasteiger partial charge in [0.25, 0.3) is 5.91 Å². The quantitative estimate of drug-likeness (QED) is 0.763. The first kappa shape index (κ1) is 17.5. The normalized spacial score (nSPS) is 12.0. The molecule has 0 saturated heterocycles. The number of halogens is 1. The standard InChI is InChI=1S/C18H21FN2OS/c1-14-3-9-17(10-4-14)23-12-11-21(2)13-18(22)20-16-7-5-15(19)6-8-16/h3-10H,11-13H2,1-2H3,(H,20,22)/p+1. The fourth-order valence-corrected chi connectivity index (χ4v) is 3.09. The molecule has 0 aliphatic carbocycles.